The van der Waals surface area contributed by atoms with Gasteiger partial charge in [-0.3, -0.25) is 4.79 Å². The summed E-state index contributed by atoms with van der Waals surface area (Å²) in [7, 11) is 0. The number of hydrogen-bond acceptors (Lipinski definition) is 5. The van der Waals surface area contributed by atoms with Crippen molar-refractivity contribution in [3.05, 3.63) is 57.8 Å². The molecule has 0 aliphatic heterocycles. The Balaban J connectivity index is 1.84. The van der Waals surface area contributed by atoms with Crippen molar-refractivity contribution in [2.45, 2.75) is 11.8 Å². The Morgan fingerprint density at radius 3 is 2.50 bits per heavy atom. The van der Waals surface area contributed by atoms with E-state index in [0.29, 0.717) is 4.88 Å². The van der Waals surface area contributed by atoms with Crippen molar-refractivity contribution < 1.29 is 14.3 Å². The van der Waals surface area contributed by atoms with E-state index in [4.69, 9.17) is 4.74 Å². The summed E-state index contributed by atoms with van der Waals surface area (Å²) in [6.45, 7) is 1.70. The lowest BCUT2D eigenvalue weighted by molar-refractivity contribution is -0.136. The van der Waals surface area contributed by atoms with Crippen LogP contribution in [0.1, 0.15) is 20.1 Å². The second kappa shape index (κ2) is 7.96. The minimum absolute atomic E-state index is 0.177. The maximum atomic E-state index is 11.8. The molecule has 0 radical (unpaired) electrons. The molecule has 114 valence electrons. The Labute approximate surface area is 138 Å². The maximum absolute atomic E-state index is 11.8. The second-order valence-electron chi connectivity index (χ2n) is 4.55. The first-order valence-corrected chi connectivity index (χ1v) is 8.71. The van der Waals surface area contributed by atoms with Crippen molar-refractivity contribution >= 4 is 40.9 Å². The van der Waals surface area contributed by atoms with Crippen LogP contribution in [0.5, 0.6) is 0 Å². The van der Waals surface area contributed by atoms with E-state index in [-0.39, 0.29) is 12.4 Å². The number of thioether (sulfide) groups is 1. The minimum Gasteiger partial charge on any atom is -0.454 e. The van der Waals surface area contributed by atoms with Gasteiger partial charge >= 0.3 is 5.97 Å². The molecule has 0 amide bonds. The lowest BCUT2D eigenvalue weighted by Crippen LogP contribution is -2.11. The molecular weight excluding hydrogens is 316 g/mol. The molecule has 0 N–H and O–H groups in total. The third-order valence-electron chi connectivity index (χ3n) is 2.89. The van der Waals surface area contributed by atoms with Crippen molar-refractivity contribution in [2.75, 3.05) is 12.9 Å². The molecule has 0 aliphatic rings. The van der Waals surface area contributed by atoms with E-state index in [0.717, 1.165) is 15.3 Å². The number of rotatable bonds is 6. The largest absolute Gasteiger partial charge is 0.454 e. The van der Waals surface area contributed by atoms with Gasteiger partial charge in [0.2, 0.25) is 5.78 Å². The fourth-order valence-electron chi connectivity index (χ4n) is 1.72. The lowest BCUT2D eigenvalue weighted by atomic mass is 10.2. The van der Waals surface area contributed by atoms with Gasteiger partial charge in [0.1, 0.15) is 0 Å². The number of hydrogen-bond donors (Lipinski definition) is 0. The summed E-state index contributed by atoms with van der Waals surface area (Å²) >= 11 is 3.06. The molecule has 1 aromatic heterocycles. The highest BCUT2D eigenvalue weighted by Crippen LogP contribution is 2.16. The molecule has 1 heterocycles. The normalized spacial score (nSPS) is 10.8. The van der Waals surface area contributed by atoms with Crippen LogP contribution in [0, 0.1) is 6.92 Å². The molecule has 0 atom stereocenters. The molecule has 1 aromatic carbocycles. The van der Waals surface area contributed by atoms with Crippen LogP contribution in [-0.4, -0.2) is 24.6 Å². The van der Waals surface area contributed by atoms with E-state index >= 15 is 0 Å². The van der Waals surface area contributed by atoms with Crippen LogP contribution in [0.2, 0.25) is 0 Å². The standard InChI is InChI=1S/C17H16O3S2/c1-12-3-9-16(22-12)15(18)11-20-17(19)10-6-13-4-7-14(21-2)8-5-13/h3-10H,11H2,1-2H3/b10-6+. The summed E-state index contributed by atoms with van der Waals surface area (Å²) in [5, 5.41) is 0. The number of ether oxygens (including phenoxy) is 1. The number of esters is 1. The molecule has 2 aromatic rings. The summed E-state index contributed by atoms with van der Waals surface area (Å²) in [6, 6.07) is 11.4. The maximum Gasteiger partial charge on any atom is 0.331 e. The zero-order valence-electron chi connectivity index (χ0n) is 12.4. The third-order valence-corrected chi connectivity index (χ3v) is 4.67. The summed E-state index contributed by atoms with van der Waals surface area (Å²) < 4.78 is 4.96. The van der Waals surface area contributed by atoms with E-state index in [1.165, 1.54) is 17.4 Å². The monoisotopic (exact) mass is 332 g/mol. The highest BCUT2D eigenvalue weighted by atomic mass is 32.2. The van der Waals surface area contributed by atoms with Gasteiger partial charge in [0.05, 0.1) is 4.88 Å². The predicted molar refractivity (Wildman–Crippen MR) is 91.6 cm³/mol. The van der Waals surface area contributed by atoms with E-state index in [1.54, 1.807) is 23.9 Å². The molecule has 5 heteroatoms. The molecule has 0 spiro atoms. The molecule has 0 saturated heterocycles. The number of Topliss-reactive ketones (excluding diaryl/α,β-unsaturated/α-hetero) is 1. The average Bonchev–Trinajstić information content (AvgIpc) is 2.97. The van der Waals surface area contributed by atoms with Crippen molar-refractivity contribution in [2.24, 2.45) is 0 Å². The zero-order chi connectivity index (χ0) is 15.9. The van der Waals surface area contributed by atoms with Gasteiger partial charge in [-0.1, -0.05) is 12.1 Å². The van der Waals surface area contributed by atoms with E-state index in [2.05, 4.69) is 0 Å². The number of benzene rings is 1. The van der Waals surface area contributed by atoms with Gasteiger partial charge in [-0.15, -0.1) is 23.1 Å². The van der Waals surface area contributed by atoms with Gasteiger partial charge < -0.3 is 4.74 Å². The Bertz CT molecular complexity index is 684. The average molecular weight is 332 g/mol. The third kappa shape index (κ3) is 4.86. The second-order valence-corrected chi connectivity index (χ2v) is 6.72. The van der Waals surface area contributed by atoms with Crippen molar-refractivity contribution in [1.29, 1.82) is 0 Å². The van der Waals surface area contributed by atoms with Crippen LogP contribution in [0.3, 0.4) is 0 Å². The lowest BCUT2D eigenvalue weighted by Gasteiger charge is -2.00. The molecule has 0 unspecified atom stereocenters. The molecule has 3 nitrogen and oxygen atoms in total. The summed E-state index contributed by atoms with van der Waals surface area (Å²) in [4.78, 5) is 26.3. The van der Waals surface area contributed by atoms with Crippen LogP contribution in [0.25, 0.3) is 6.08 Å². The van der Waals surface area contributed by atoms with Crippen molar-refractivity contribution in [3.63, 3.8) is 0 Å². The van der Waals surface area contributed by atoms with Gasteiger partial charge in [0.25, 0.3) is 0 Å². The van der Waals surface area contributed by atoms with Crippen LogP contribution >= 0.6 is 23.1 Å². The molecule has 22 heavy (non-hydrogen) atoms. The van der Waals surface area contributed by atoms with Gasteiger partial charge in [0, 0.05) is 15.8 Å². The van der Waals surface area contributed by atoms with Gasteiger partial charge in [0.15, 0.2) is 6.61 Å². The fourth-order valence-corrected chi connectivity index (χ4v) is 2.92. The zero-order valence-corrected chi connectivity index (χ0v) is 14.0. The van der Waals surface area contributed by atoms with Crippen LogP contribution < -0.4 is 0 Å². The van der Waals surface area contributed by atoms with Gasteiger partial charge in [-0.05, 0) is 49.1 Å². The topological polar surface area (TPSA) is 43.4 Å². The molecule has 0 saturated carbocycles. The first-order valence-electron chi connectivity index (χ1n) is 6.67. The molecule has 2 rings (SSSR count). The number of carbonyl (C=O) groups excluding carboxylic acids is 2. The Kier molecular flexibility index (Phi) is 5.98. The quantitative estimate of drug-likeness (QED) is 0.344. The van der Waals surface area contributed by atoms with Crippen LogP contribution in [-0.2, 0) is 9.53 Å². The summed E-state index contributed by atoms with van der Waals surface area (Å²) in [6.07, 6.45) is 5.02. The number of carbonyl (C=O) groups is 2. The smallest absolute Gasteiger partial charge is 0.331 e. The Hall–Kier alpha value is -1.85. The first-order chi connectivity index (χ1) is 10.6. The first kappa shape index (κ1) is 16.5. The molecule has 0 fully saturated rings. The Morgan fingerprint density at radius 1 is 1.18 bits per heavy atom. The summed E-state index contributed by atoms with van der Waals surface area (Å²) in [5.74, 6) is -0.695. The fraction of sp³-hybridized carbons (Fsp3) is 0.176. The predicted octanol–water partition coefficient (Wildman–Crippen LogP) is 4.22. The van der Waals surface area contributed by atoms with Crippen LogP contribution in [0.4, 0.5) is 0 Å². The van der Waals surface area contributed by atoms with Gasteiger partial charge in [-0.2, -0.15) is 0 Å². The highest BCUT2D eigenvalue weighted by molar-refractivity contribution is 7.98. The number of thiophene rings is 1. The SMILES string of the molecule is CSc1ccc(/C=C/C(=O)OCC(=O)c2ccc(C)s2)cc1. The molecule has 0 aliphatic carbocycles. The number of ketones is 1. The summed E-state index contributed by atoms with van der Waals surface area (Å²) in [5.41, 5.74) is 0.912. The van der Waals surface area contributed by atoms with E-state index in [9.17, 15) is 9.59 Å². The van der Waals surface area contributed by atoms with Gasteiger partial charge in [-0.25, -0.2) is 4.79 Å². The van der Waals surface area contributed by atoms with E-state index in [1.807, 2.05) is 43.5 Å². The Morgan fingerprint density at radius 2 is 1.91 bits per heavy atom. The van der Waals surface area contributed by atoms with Crippen LogP contribution in [0.15, 0.2) is 47.4 Å². The molecule has 0 bridgehead atoms. The number of aryl methyl sites for hydroxylation is 1. The minimum atomic E-state index is -0.518. The molecular formula is C17H16O3S2. The van der Waals surface area contributed by atoms with E-state index < -0.39 is 5.97 Å². The van der Waals surface area contributed by atoms with Crippen molar-refractivity contribution in [3.8, 4) is 0 Å². The van der Waals surface area contributed by atoms with Crippen molar-refractivity contribution in [1.82, 2.24) is 0 Å². The highest BCUT2D eigenvalue weighted by Gasteiger charge is 2.10.